The molecule has 3 unspecified atom stereocenters. The maximum Gasteiger partial charge on any atom is 0.306 e. The van der Waals surface area contributed by atoms with E-state index in [1.165, 1.54) is 0 Å². The Balaban J connectivity index is 1.44. The number of rotatable bonds is 5. The van der Waals surface area contributed by atoms with Crippen LogP contribution >= 0.6 is 0 Å². The van der Waals surface area contributed by atoms with Crippen LogP contribution in [0.1, 0.15) is 85.0 Å². The third-order valence-electron chi connectivity index (χ3n) is 11.2. The topological polar surface area (TPSA) is 134 Å². The van der Waals surface area contributed by atoms with E-state index in [0.29, 0.717) is 30.9 Å². The van der Waals surface area contributed by atoms with Gasteiger partial charge < -0.3 is 24.2 Å². The first-order valence-electron chi connectivity index (χ1n) is 16.3. The number of fused-ring (bicyclic) bond motifs is 5. The Bertz CT molecular complexity index is 1080. The average Bonchev–Trinajstić information content (AvgIpc) is 3.58. The third-order valence-corrected chi connectivity index (χ3v) is 11.2. The molecule has 0 radical (unpaired) electrons. The molecule has 3 aliphatic carbocycles. The van der Waals surface area contributed by atoms with Crippen LogP contribution in [0.4, 0.5) is 0 Å². The lowest BCUT2D eigenvalue weighted by Crippen LogP contribution is -2.51. The lowest BCUT2D eigenvalue weighted by Gasteiger charge is -2.45. The Hall–Kier alpha value is -1.97. The van der Waals surface area contributed by atoms with E-state index in [9.17, 15) is 20.2 Å². The third kappa shape index (κ3) is 6.16. The number of carbonyl (C=O) groups excluding carboxylic acids is 2. The van der Waals surface area contributed by atoms with E-state index < -0.39 is 24.0 Å². The van der Waals surface area contributed by atoms with Gasteiger partial charge in [0.05, 0.1) is 30.8 Å². The second-order valence-corrected chi connectivity index (χ2v) is 13.7. The number of nitrogens with zero attached hydrogens (tertiary/aromatic N) is 4. The number of likely N-dealkylation sites (N-methyl/N-ethyl adjacent to an activating group) is 1. The minimum Gasteiger partial charge on any atom is -0.462 e. The number of esters is 1. The molecule has 13 atom stereocenters. The molecular weight excluding hydrogens is 536 g/mol. The number of ether oxygens (including phenoxy) is 3. The van der Waals surface area contributed by atoms with E-state index in [1.54, 1.807) is 0 Å². The van der Waals surface area contributed by atoms with Crippen LogP contribution in [-0.4, -0.2) is 78.6 Å². The minimum absolute atomic E-state index is 0.0167. The molecule has 42 heavy (non-hydrogen) atoms. The predicted molar refractivity (Wildman–Crippen MR) is 157 cm³/mol. The molecule has 0 aromatic heterocycles. The second-order valence-electron chi connectivity index (χ2n) is 13.7. The first kappa shape index (κ1) is 31.5. The lowest BCUT2D eigenvalue weighted by atomic mass is 9.63. The summed E-state index contributed by atoms with van der Waals surface area (Å²) in [5.74, 6) is -1.32. The van der Waals surface area contributed by atoms with Crippen molar-refractivity contribution in [2.45, 2.75) is 128 Å². The summed E-state index contributed by atoms with van der Waals surface area (Å²) >= 11 is 0. The van der Waals surface area contributed by atoms with Gasteiger partial charge in [0, 0.05) is 22.8 Å². The predicted octanol–water partition coefficient (Wildman–Crippen LogP) is 5.19. The molecular formula is C32H50N4O6. The van der Waals surface area contributed by atoms with Crippen molar-refractivity contribution < 1.29 is 28.9 Å². The highest BCUT2D eigenvalue weighted by atomic mass is 16.7. The number of hydrogen-bond acceptors (Lipinski definition) is 8. The van der Waals surface area contributed by atoms with Gasteiger partial charge in [-0.15, -0.1) is 0 Å². The van der Waals surface area contributed by atoms with Crippen LogP contribution in [0.2, 0.25) is 0 Å². The van der Waals surface area contributed by atoms with E-state index in [4.69, 9.17) is 14.2 Å². The van der Waals surface area contributed by atoms with Crippen molar-refractivity contribution in [2.24, 2.45) is 40.6 Å². The van der Waals surface area contributed by atoms with Crippen molar-refractivity contribution in [2.75, 3.05) is 14.1 Å². The Morgan fingerprint density at radius 2 is 1.83 bits per heavy atom. The largest absolute Gasteiger partial charge is 0.462 e. The summed E-state index contributed by atoms with van der Waals surface area (Å²) in [6.07, 6.45) is 7.79. The number of aliphatic hydroxyl groups is 1. The Morgan fingerprint density at radius 3 is 2.52 bits per heavy atom. The summed E-state index contributed by atoms with van der Waals surface area (Å²) in [4.78, 5) is 32.9. The van der Waals surface area contributed by atoms with Gasteiger partial charge in [-0.3, -0.25) is 9.59 Å². The highest BCUT2D eigenvalue weighted by Gasteiger charge is 2.57. The molecule has 10 nitrogen and oxygen atoms in total. The van der Waals surface area contributed by atoms with Crippen LogP contribution in [0.15, 0.2) is 16.8 Å². The van der Waals surface area contributed by atoms with E-state index in [2.05, 4.69) is 42.0 Å². The van der Waals surface area contributed by atoms with Crippen LogP contribution in [0.5, 0.6) is 0 Å². The van der Waals surface area contributed by atoms with Crippen molar-refractivity contribution >= 4 is 11.8 Å². The number of hydrogen-bond donors (Lipinski definition) is 1. The molecule has 4 fully saturated rings. The fraction of sp³-hybridized carbons (Fsp3) is 0.875. The zero-order valence-corrected chi connectivity index (χ0v) is 25.9. The normalized spacial score (nSPS) is 44.5. The maximum atomic E-state index is 14.4. The van der Waals surface area contributed by atoms with E-state index in [0.717, 1.165) is 38.5 Å². The van der Waals surface area contributed by atoms with Gasteiger partial charge in [-0.05, 0) is 107 Å². The quantitative estimate of drug-likeness (QED) is 0.203. The first-order valence-corrected chi connectivity index (χ1v) is 16.3. The van der Waals surface area contributed by atoms with E-state index in [-0.39, 0.29) is 66.4 Å². The Kier molecular flexibility index (Phi) is 10.00. The van der Waals surface area contributed by atoms with Crippen LogP contribution in [0.3, 0.4) is 0 Å². The molecule has 5 aliphatic rings. The van der Waals surface area contributed by atoms with E-state index >= 15 is 0 Å². The molecule has 0 aromatic rings. The molecule has 2 heterocycles. The second kappa shape index (κ2) is 13.3. The molecule has 1 N–H and O–H groups in total. The van der Waals surface area contributed by atoms with Crippen molar-refractivity contribution in [1.29, 1.82) is 0 Å². The van der Waals surface area contributed by atoms with Gasteiger partial charge in [-0.25, -0.2) is 0 Å². The number of ketones is 1. The fourth-order valence-corrected chi connectivity index (χ4v) is 9.00. The molecule has 2 saturated heterocycles. The SMILES string of the molecule is CC[C@H]1CCC[C@H](O[C@H]2CC[C@H](N(C)C)C(C)O2)[C@@H](C)C(=O)C2=C[C@H]3[C@@H]4CCC[C@H]4C(N=[N+]=[N-])C(O)[C@H]3[C@@H]2CC(=O)O1. The zero-order chi connectivity index (χ0) is 30.1. The smallest absolute Gasteiger partial charge is 0.306 e. The molecule has 2 saturated carbocycles. The average molecular weight is 587 g/mol. The molecule has 0 amide bonds. The van der Waals surface area contributed by atoms with Gasteiger partial charge in [0.25, 0.3) is 0 Å². The first-order chi connectivity index (χ1) is 20.1. The molecule has 234 valence electrons. The number of carbonyl (C=O) groups is 2. The Labute approximate surface area is 250 Å². The van der Waals surface area contributed by atoms with Gasteiger partial charge in [-0.2, -0.15) is 0 Å². The van der Waals surface area contributed by atoms with Crippen molar-refractivity contribution in [3.8, 4) is 0 Å². The zero-order valence-electron chi connectivity index (χ0n) is 25.9. The molecule has 10 heteroatoms. The van der Waals surface area contributed by atoms with Gasteiger partial charge in [0.2, 0.25) is 0 Å². The van der Waals surface area contributed by atoms with E-state index in [1.807, 2.05) is 13.8 Å². The summed E-state index contributed by atoms with van der Waals surface area (Å²) in [5, 5.41) is 15.7. The summed E-state index contributed by atoms with van der Waals surface area (Å²) in [6.45, 7) is 6.05. The van der Waals surface area contributed by atoms with Crippen LogP contribution < -0.4 is 0 Å². The number of Topliss-reactive ketones (excluding diaryl/α,β-unsaturated/α-hetero) is 1. The summed E-state index contributed by atoms with van der Waals surface area (Å²) < 4.78 is 18.9. The highest BCUT2D eigenvalue weighted by molar-refractivity contribution is 5.99. The molecule has 5 rings (SSSR count). The lowest BCUT2D eigenvalue weighted by molar-refractivity contribution is -0.231. The summed E-state index contributed by atoms with van der Waals surface area (Å²) in [7, 11) is 4.14. The van der Waals surface area contributed by atoms with Gasteiger partial charge in [-0.1, -0.05) is 31.5 Å². The number of cyclic esters (lactones) is 1. The molecule has 0 spiro atoms. The molecule has 0 aromatic carbocycles. The van der Waals surface area contributed by atoms with Crippen LogP contribution in [-0.2, 0) is 23.8 Å². The standard InChI is InChI=1S/C32H50N4O6/c1-6-19-9-7-12-26(42-28-14-13-25(36(4)5)18(3)40-28)17(2)31(38)24-15-22-20-10-8-11-21(20)30(34-35-33)32(39)29(22)23(24)16-27(37)41-19/h15,17-23,25-26,28-30,32,39H,6-14,16H2,1-5H3/t17-,18?,19+,20-,21-,22+,23-,25+,26+,28+,29-,30?,32?/m1/s1. The van der Waals surface area contributed by atoms with Gasteiger partial charge in [0.15, 0.2) is 12.1 Å². The van der Waals surface area contributed by atoms with Crippen LogP contribution in [0.25, 0.3) is 10.4 Å². The molecule has 2 aliphatic heterocycles. The summed E-state index contributed by atoms with van der Waals surface area (Å²) in [6, 6.07) is -0.217. The Morgan fingerprint density at radius 1 is 1.10 bits per heavy atom. The number of aliphatic hydroxyl groups excluding tert-OH is 1. The number of allylic oxidation sites excluding steroid dienone is 2. The van der Waals surface area contributed by atoms with Gasteiger partial charge in [0.1, 0.15) is 6.10 Å². The fourth-order valence-electron chi connectivity index (χ4n) is 9.00. The highest BCUT2D eigenvalue weighted by Crippen LogP contribution is 2.57. The summed E-state index contributed by atoms with van der Waals surface area (Å²) in [5.41, 5.74) is 9.93. The monoisotopic (exact) mass is 586 g/mol. The van der Waals surface area contributed by atoms with Gasteiger partial charge >= 0.3 is 5.97 Å². The van der Waals surface area contributed by atoms with Crippen LogP contribution in [0, 0.1) is 35.5 Å². The van der Waals surface area contributed by atoms with Crippen molar-refractivity contribution in [3.05, 3.63) is 22.1 Å². The van der Waals surface area contributed by atoms with Crippen molar-refractivity contribution in [3.63, 3.8) is 0 Å². The minimum atomic E-state index is -0.913. The van der Waals surface area contributed by atoms with Crippen molar-refractivity contribution in [1.82, 2.24) is 4.90 Å². The number of azide groups is 1. The maximum absolute atomic E-state index is 14.4. The molecule has 0 bridgehead atoms.